The SMILES string of the molecule is C=C(Cl)C1(O)Cc2ccccc2C1. The van der Waals surface area contributed by atoms with Gasteiger partial charge < -0.3 is 5.11 Å². The average molecular weight is 195 g/mol. The van der Waals surface area contributed by atoms with Gasteiger partial charge in [-0.2, -0.15) is 0 Å². The third kappa shape index (κ3) is 1.38. The number of fused-ring (bicyclic) bond motifs is 1. The van der Waals surface area contributed by atoms with E-state index in [0.29, 0.717) is 17.9 Å². The number of halogens is 1. The molecule has 1 nitrogen and oxygen atoms in total. The van der Waals surface area contributed by atoms with Crippen molar-refractivity contribution < 1.29 is 5.11 Å². The van der Waals surface area contributed by atoms with Crippen LogP contribution in [-0.4, -0.2) is 10.7 Å². The largest absolute Gasteiger partial charge is 0.384 e. The van der Waals surface area contributed by atoms with E-state index in [1.54, 1.807) is 0 Å². The van der Waals surface area contributed by atoms with E-state index in [2.05, 4.69) is 6.58 Å². The van der Waals surface area contributed by atoms with Crippen LogP contribution >= 0.6 is 11.6 Å². The Morgan fingerprint density at radius 2 is 1.77 bits per heavy atom. The molecule has 0 saturated heterocycles. The van der Waals surface area contributed by atoms with Crippen LogP contribution in [0.15, 0.2) is 35.9 Å². The molecule has 1 N–H and O–H groups in total. The van der Waals surface area contributed by atoms with Gasteiger partial charge in [0, 0.05) is 17.9 Å². The molecule has 1 aromatic rings. The molecular weight excluding hydrogens is 184 g/mol. The van der Waals surface area contributed by atoms with Gasteiger partial charge in [-0.3, -0.25) is 0 Å². The fraction of sp³-hybridized carbons (Fsp3) is 0.273. The Bertz CT molecular complexity index is 332. The van der Waals surface area contributed by atoms with Gasteiger partial charge in [0.1, 0.15) is 5.60 Å². The van der Waals surface area contributed by atoms with Gasteiger partial charge in [0.2, 0.25) is 0 Å². The molecule has 0 unspecified atom stereocenters. The first-order chi connectivity index (χ1) is 6.12. The van der Waals surface area contributed by atoms with Crippen molar-refractivity contribution in [2.24, 2.45) is 0 Å². The molecule has 0 atom stereocenters. The third-order valence-corrected chi connectivity index (χ3v) is 2.94. The van der Waals surface area contributed by atoms with Gasteiger partial charge in [-0.25, -0.2) is 0 Å². The van der Waals surface area contributed by atoms with E-state index in [1.807, 2.05) is 24.3 Å². The third-order valence-electron chi connectivity index (χ3n) is 2.59. The maximum atomic E-state index is 10.1. The van der Waals surface area contributed by atoms with Crippen LogP contribution in [0.4, 0.5) is 0 Å². The molecule has 1 aromatic carbocycles. The fourth-order valence-electron chi connectivity index (χ4n) is 1.79. The van der Waals surface area contributed by atoms with E-state index in [1.165, 1.54) is 11.1 Å². The van der Waals surface area contributed by atoms with Crippen molar-refractivity contribution >= 4 is 11.6 Å². The quantitative estimate of drug-likeness (QED) is 0.727. The van der Waals surface area contributed by atoms with E-state index >= 15 is 0 Å². The highest BCUT2D eigenvalue weighted by Crippen LogP contribution is 2.35. The number of aliphatic hydroxyl groups is 1. The Hall–Kier alpha value is -0.790. The van der Waals surface area contributed by atoms with E-state index in [0.717, 1.165) is 0 Å². The molecule has 0 fully saturated rings. The molecule has 2 heteroatoms. The van der Waals surface area contributed by atoms with Gasteiger partial charge in [-0.1, -0.05) is 42.4 Å². The monoisotopic (exact) mass is 194 g/mol. The first kappa shape index (κ1) is 8.79. The summed E-state index contributed by atoms with van der Waals surface area (Å²) in [5.41, 5.74) is 1.42. The fourth-order valence-corrected chi connectivity index (χ4v) is 1.92. The van der Waals surface area contributed by atoms with Crippen molar-refractivity contribution in [2.45, 2.75) is 18.4 Å². The Kier molecular flexibility index (Phi) is 1.94. The summed E-state index contributed by atoms with van der Waals surface area (Å²) in [5, 5.41) is 10.4. The molecule has 0 radical (unpaired) electrons. The predicted molar refractivity (Wildman–Crippen MR) is 53.8 cm³/mol. The summed E-state index contributed by atoms with van der Waals surface area (Å²) in [6.07, 6.45) is 1.18. The second-order valence-corrected chi connectivity index (χ2v) is 4.01. The highest BCUT2D eigenvalue weighted by molar-refractivity contribution is 6.30. The highest BCUT2D eigenvalue weighted by Gasteiger charge is 2.36. The summed E-state index contributed by atoms with van der Waals surface area (Å²) in [4.78, 5) is 0. The first-order valence-electron chi connectivity index (χ1n) is 4.26. The summed E-state index contributed by atoms with van der Waals surface area (Å²) < 4.78 is 0. The molecule has 0 bridgehead atoms. The molecule has 68 valence electrons. The lowest BCUT2D eigenvalue weighted by atomic mass is 10.0. The summed E-state index contributed by atoms with van der Waals surface area (Å²) in [5.74, 6) is 0. The van der Waals surface area contributed by atoms with E-state index < -0.39 is 5.60 Å². The lowest BCUT2D eigenvalue weighted by molar-refractivity contribution is 0.0985. The van der Waals surface area contributed by atoms with Crippen LogP contribution in [0.1, 0.15) is 11.1 Å². The van der Waals surface area contributed by atoms with Crippen LogP contribution in [-0.2, 0) is 12.8 Å². The molecule has 1 aliphatic rings. The minimum atomic E-state index is -0.925. The van der Waals surface area contributed by atoms with Crippen LogP contribution < -0.4 is 0 Å². The van der Waals surface area contributed by atoms with Crippen LogP contribution in [0, 0.1) is 0 Å². The molecule has 1 aliphatic carbocycles. The van der Waals surface area contributed by atoms with Crippen molar-refractivity contribution in [3.05, 3.63) is 47.0 Å². The molecule has 0 spiro atoms. The van der Waals surface area contributed by atoms with Crippen LogP contribution in [0.5, 0.6) is 0 Å². The van der Waals surface area contributed by atoms with Crippen molar-refractivity contribution in [3.8, 4) is 0 Å². The summed E-state index contributed by atoms with van der Waals surface area (Å²) in [6.45, 7) is 3.61. The molecule has 0 amide bonds. The maximum absolute atomic E-state index is 10.1. The van der Waals surface area contributed by atoms with Gasteiger partial charge in [0.25, 0.3) is 0 Å². The smallest absolute Gasteiger partial charge is 0.108 e. The minimum absolute atomic E-state index is 0.337. The normalized spacial score (nSPS) is 18.3. The zero-order valence-corrected chi connectivity index (χ0v) is 8.01. The molecule has 0 heterocycles. The summed E-state index contributed by atoms with van der Waals surface area (Å²) in [6, 6.07) is 7.99. The Morgan fingerprint density at radius 3 is 2.15 bits per heavy atom. The Morgan fingerprint density at radius 1 is 1.31 bits per heavy atom. The molecule has 0 aromatic heterocycles. The minimum Gasteiger partial charge on any atom is -0.384 e. The second kappa shape index (κ2) is 2.86. The van der Waals surface area contributed by atoms with Gasteiger partial charge in [0.15, 0.2) is 0 Å². The van der Waals surface area contributed by atoms with Crippen molar-refractivity contribution in [2.75, 3.05) is 0 Å². The van der Waals surface area contributed by atoms with Gasteiger partial charge in [-0.15, -0.1) is 0 Å². The first-order valence-corrected chi connectivity index (χ1v) is 4.64. The Labute approximate surface area is 82.7 Å². The van der Waals surface area contributed by atoms with Crippen LogP contribution in [0.25, 0.3) is 0 Å². The zero-order valence-electron chi connectivity index (χ0n) is 7.26. The highest BCUT2D eigenvalue weighted by atomic mass is 35.5. The van der Waals surface area contributed by atoms with E-state index in [-0.39, 0.29) is 0 Å². The van der Waals surface area contributed by atoms with Crippen LogP contribution in [0.2, 0.25) is 0 Å². The van der Waals surface area contributed by atoms with Gasteiger partial charge in [0.05, 0.1) is 0 Å². The van der Waals surface area contributed by atoms with Gasteiger partial charge >= 0.3 is 0 Å². The molecule has 0 aliphatic heterocycles. The topological polar surface area (TPSA) is 20.2 Å². The number of benzene rings is 1. The van der Waals surface area contributed by atoms with Crippen molar-refractivity contribution in [1.82, 2.24) is 0 Å². The molecule has 0 saturated carbocycles. The number of hydrogen-bond donors (Lipinski definition) is 1. The standard InChI is InChI=1S/C11H11ClO/c1-8(12)11(13)6-9-4-2-3-5-10(9)7-11/h2-5,13H,1,6-7H2. The molecular formula is C11H11ClO. The average Bonchev–Trinajstić information content (AvgIpc) is 2.42. The van der Waals surface area contributed by atoms with Gasteiger partial charge in [-0.05, 0) is 11.1 Å². The van der Waals surface area contributed by atoms with E-state index in [4.69, 9.17) is 11.6 Å². The predicted octanol–water partition coefficient (Wildman–Crippen LogP) is 2.27. The number of rotatable bonds is 1. The number of hydrogen-bond acceptors (Lipinski definition) is 1. The van der Waals surface area contributed by atoms with E-state index in [9.17, 15) is 5.11 Å². The summed E-state index contributed by atoms with van der Waals surface area (Å²) in [7, 11) is 0. The zero-order chi connectivity index (χ0) is 9.47. The lowest BCUT2D eigenvalue weighted by Gasteiger charge is -2.19. The second-order valence-electron chi connectivity index (χ2n) is 3.56. The summed E-state index contributed by atoms with van der Waals surface area (Å²) >= 11 is 5.77. The van der Waals surface area contributed by atoms with Crippen LogP contribution in [0.3, 0.4) is 0 Å². The lowest BCUT2D eigenvalue weighted by Crippen LogP contribution is -2.29. The van der Waals surface area contributed by atoms with Crippen molar-refractivity contribution in [3.63, 3.8) is 0 Å². The Balaban J connectivity index is 2.37. The maximum Gasteiger partial charge on any atom is 0.108 e. The molecule has 13 heavy (non-hydrogen) atoms. The molecule has 2 rings (SSSR count). The van der Waals surface area contributed by atoms with Crippen molar-refractivity contribution in [1.29, 1.82) is 0 Å².